The Morgan fingerprint density at radius 1 is 0.273 bits per heavy atom. The lowest BCUT2D eigenvalue weighted by atomic mass is 10.0. The molecule has 0 saturated carbocycles. The molecule has 5 nitrogen and oxygen atoms in total. The van der Waals surface area contributed by atoms with E-state index in [0.717, 1.165) is 77.8 Å². The molecule has 258 valence electrons. The van der Waals surface area contributed by atoms with Crippen LogP contribution in [0.4, 0.5) is 0 Å². The molecule has 0 fully saturated rings. The summed E-state index contributed by atoms with van der Waals surface area (Å²) in [5.74, 6) is 2.73. The number of pyridine rings is 1. The van der Waals surface area contributed by atoms with E-state index in [1.54, 1.807) is 0 Å². The fourth-order valence-corrected chi connectivity index (χ4v) is 7.34. The van der Waals surface area contributed by atoms with Crippen molar-refractivity contribution in [2.45, 2.75) is 0 Å². The molecule has 55 heavy (non-hydrogen) atoms. The molecule has 5 heteroatoms. The van der Waals surface area contributed by atoms with Crippen molar-refractivity contribution in [3.63, 3.8) is 0 Å². The average molecular weight is 704 g/mol. The molecule has 7 aromatic carbocycles. The van der Waals surface area contributed by atoms with Crippen molar-refractivity contribution in [1.29, 1.82) is 0 Å². The van der Waals surface area contributed by atoms with Gasteiger partial charge in [-0.15, -0.1) is 0 Å². The number of hydrogen-bond donors (Lipinski definition) is 0. The molecule has 3 heterocycles. The Morgan fingerprint density at radius 2 is 0.673 bits per heavy atom. The summed E-state index contributed by atoms with van der Waals surface area (Å²) in [5, 5.41) is 2.20. The van der Waals surface area contributed by atoms with Crippen molar-refractivity contribution < 1.29 is 0 Å². The molecular weight excluding hydrogens is 671 g/mol. The number of benzene rings is 7. The molecular formula is C50H33N5. The summed E-state index contributed by atoms with van der Waals surface area (Å²) in [6.07, 6.45) is 0. The van der Waals surface area contributed by atoms with Gasteiger partial charge in [-0.2, -0.15) is 0 Å². The molecule has 0 atom stereocenters. The highest BCUT2D eigenvalue weighted by Crippen LogP contribution is 2.38. The molecule has 3 aromatic heterocycles. The van der Waals surface area contributed by atoms with Crippen molar-refractivity contribution in [1.82, 2.24) is 24.5 Å². The lowest BCUT2D eigenvalue weighted by Gasteiger charge is -2.13. The van der Waals surface area contributed by atoms with Crippen LogP contribution in [0.2, 0.25) is 0 Å². The molecule has 0 unspecified atom stereocenters. The van der Waals surface area contributed by atoms with E-state index in [-0.39, 0.29) is 0 Å². The summed E-state index contributed by atoms with van der Waals surface area (Å²) in [5.41, 5.74) is 11.4. The van der Waals surface area contributed by atoms with Crippen molar-refractivity contribution in [2.75, 3.05) is 0 Å². The van der Waals surface area contributed by atoms with E-state index in [1.165, 1.54) is 0 Å². The minimum Gasteiger partial charge on any atom is -0.294 e. The second-order valence-electron chi connectivity index (χ2n) is 13.5. The van der Waals surface area contributed by atoms with Crippen molar-refractivity contribution in [3.05, 3.63) is 200 Å². The van der Waals surface area contributed by atoms with Crippen LogP contribution in [0.5, 0.6) is 0 Å². The normalized spacial score (nSPS) is 11.3. The van der Waals surface area contributed by atoms with E-state index in [2.05, 4.69) is 138 Å². The van der Waals surface area contributed by atoms with Crippen molar-refractivity contribution >= 4 is 21.8 Å². The van der Waals surface area contributed by atoms with Gasteiger partial charge in [-0.05, 0) is 64.7 Å². The molecule has 0 bridgehead atoms. The Kier molecular flexibility index (Phi) is 8.08. The number of hydrogen-bond acceptors (Lipinski definition) is 4. The van der Waals surface area contributed by atoms with Crippen molar-refractivity contribution in [2.24, 2.45) is 0 Å². The Hall–Kier alpha value is -7.50. The van der Waals surface area contributed by atoms with Gasteiger partial charge < -0.3 is 0 Å². The Morgan fingerprint density at radius 3 is 1.18 bits per heavy atom. The molecule has 0 aliphatic carbocycles. The fourth-order valence-electron chi connectivity index (χ4n) is 7.34. The zero-order chi connectivity index (χ0) is 36.6. The largest absolute Gasteiger partial charge is 0.294 e. The van der Waals surface area contributed by atoms with Gasteiger partial charge in [-0.3, -0.25) is 4.57 Å². The quantitative estimate of drug-likeness (QED) is 0.166. The smallest absolute Gasteiger partial charge is 0.164 e. The second kappa shape index (κ2) is 13.8. The van der Waals surface area contributed by atoms with Crippen molar-refractivity contribution in [3.8, 4) is 73.5 Å². The molecule has 10 rings (SSSR count). The van der Waals surface area contributed by atoms with Gasteiger partial charge in [0.25, 0.3) is 0 Å². The zero-order valence-corrected chi connectivity index (χ0v) is 29.8. The standard InChI is InChI=1S/C50H33N5/c1-6-16-34(17-7-1)39-26-28-45-42(30-39)43-31-40(50-53-48(37-22-12-4-13-23-37)52-49(54-50)38-24-14-5-15-25-38)27-29-46(43)55(45)47-33-41(35-18-8-2-9-19-35)32-44(51-47)36-20-10-3-11-21-36/h1-33H. The maximum Gasteiger partial charge on any atom is 0.164 e. The first kappa shape index (κ1) is 32.2. The third-order valence-corrected chi connectivity index (χ3v) is 10.0. The second-order valence-corrected chi connectivity index (χ2v) is 13.5. The lowest BCUT2D eigenvalue weighted by molar-refractivity contribution is 1.07. The third kappa shape index (κ3) is 6.14. The van der Waals surface area contributed by atoms with Gasteiger partial charge in [0.15, 0.2) is 17.5 Å². The average Bonchev–Trinajstić information content (AvgIpc) is 3.60. The molecule has 0 amide bonds. The summed E-state index contributed by atoms with van der Waals surface area (Å²) in [7, 11) is 0. The van der Waals surface area contributed by atoms with Gasteiger partial charge >= 0.3 is 0 Å². The van der Waals surface area contributed by atoms with Crippen LogP contribution in [-0.4, -0.2) is 24.5 Å². The summed E-state index contributed by atoms with van der Waals surface area (Å²) in [6.45, 7) is 0. The van der Waals surface area contributed by atoms with E-state index in [0.29, 0.717) is 17.5 Å². The molecule has 10 aromatic rings. The third-order valence-electron chi connectivity index (χ3n) is 10.0. The highest BCUT2D eigenvalue weighted by atomic mass is 15.1. The maximum atomic E-state index is 5.35. The summed E-state index contributed by atoms with van der Waals surface area (Å²) in [4.78, 5) is 20.4. The van der Waals surface area contributed by atoms with Crippen LogP contribution in [0, 0.1) is 0 Å². The Labute approximate surface area is 318 Å². The van der Waals surface area contributed by atoms with E-state index >= 15 is 0 Å². The van der Waals surface area contributed by atoms with Gasteiger partial charge in [-0.25, -0.2) is 19.9 Å². The monoisotopic (exact) mass is 703 g/mol. The van der Waals surface area contributed by atoms with E-state index in [9.17, 15) is 0 Å². The number of fused-ring (bicyclic) bond motifs is 3. The van der Waals surface area contributed by atoms with Crippen LogP contribution >= 0.6 is 0 Å². The predicted octanol–water partition coefficient (Wildman–Crippen LogP) is 12.4. The SMILES string of the molecule is c1ccc(-c2cc(-c3ccccc3)nc(-n3c4ccc(-c5ccccc5)cc4c4cc(-c5nc(-c6ccccc6)nc(-c6ccccc6)n5)ccc43)c2)cc1. The fraction of sp³-hybridized carbons (Fsp3) is 0. The van der Waals surface area contributed by atoms with Crippen LogP contribution in [0.1, 0.15) is 0 Å². The first-order valence-corrected chi connectivity index (χ1v) is 18.4. The molecule has 0 aliphatic rings. The summed E-state index contributed by atoms with van der Waals surface area (Å²) < 4.78 is 2.29. The number of nitrogens with zero attached hydrogens (tertiary/aromatic N) is 5. The van der Waals surface area contributed by atoms with E-state index in [4.69, 9.17) is 19.9 Å². The number of rotatable bonds is 7. The van der Waals surface area contributed by atoms with Crippen LogP contribution < -0.4 is 0 Å². The highest BCUT2D eigenvalue weighted by molar-refractivity contribution is 6.11. The van der Waals surface area contributed by atoms with Crippen LogP contribution in [0.25, 0.3) is 95.3 Å². The van der Waals surface area contributed by atoms with E-state index in [1.807, 2.05) is 66.7 Å². The highest BCUT2D eigenvalue weighted by Gasteiger charge is 2.19. The lowest BCUT2D eigenvalue weighted by Crippen LogP contribution is -2.01. The number of aromatic nitrogens is 5. The van der Waals surface area contributed by atoms with Crippen LogP contribution in [0.3, 0.4) is 0 Å². The van der Waals surface area contributed by atoms with Gasteiger partial charge in [0.1, 0.15) is 5.82 Å². The van der Waals surface area contributed by atoms with Gasteiger partial charge in [0, 0.05) is 33.0 Å². The topological polar surface area (TPSA) is 56.5 Å². The minimum absolute atomic E-state index is 0.616. The molecule has 0 saturated heterocycles. The molecule has 0 spiro atoms. The van der Waals surface area contributed by atoms with Crippen LogP contribution in [-0.2, 0) is 0 Å². The summed E-state index contributed by atoms with van der Waals surface area (Å²) >= 11 is 0. The predicted molar refractivity (Wildman–Crippen MR) is 225 cm³/mol. The summed E-state index contributed by atoms with van der Waals surface area (Å²) in [6, 6.07) is 69.3. The minimum atomic E-state index is 0.616. The van der Waals surface area contributed by atoms with Gasteiger partial charge in [0.2, 0.25) is 0 Å². The van der Waals surface area contributed by atoms with Crippen LogP contribution in [0.15, 0.2) is 200 Å². The first-order chi connectivity index (χ1) is 27.2. The molecule has 0 N–H and O–H groups in total. The maximum absolute atomic E-state index is 5.35. The zero-order valence-electron chi connectivity index (χ0n) is 29.8. The van der Waals surface area contributed by atoms with Gasteiger partial charge in [-0.1, -0.05) is 158 Å². The Balaban J connectivity index is 1.23. The first-order valence-electron chi connectivity index (χ1n) is 18.4. The molecule has 0 aliphatic heterocycles. The van der Waals surface area contributed by atoms with Gasteiger partial charge in [0.05, 0.1) is 16.7 Å². The Bertz CT molecular complexity index is 2830. The molecule has 0 radical (unpaired) electrons. The van der Waals surface area contributed by atoms with E-state index < -0.39 is 0 Å².